The lowest BCUT2D eigenvalue weighted by Crippen LogP contribution is -2.15. The van der Waals surface area contributed by atoms with Crippen LogP contribution in [-0.4, -0.2) is 19.7 Å². The highest BCUT2D eigenvalue weighted by Gasteiger charge is 2.30. The molecule has 3 rings (SSSR count). The minimum atomic E-state index is -4.56. The lowest BCUT2D eigenvalue weighted by molar-refractivity contribution is -0.137. The SMILES string of the molecule is CS(=O)(=O)c1cccc(C(Nc2ccc(C(F)(F)F)cn2)c2ccc(F)c(F)c2)c1. The molecule has 30 heavy (non-hydrogen) atoms. The summed E-state index contributed by atoms with van der Waals surface area (Å²) in [7, 11) is -3.55. The third-order valence-corrected chi connectivity index (χ3v) is 5.39. The third kappa shape index (κ3) is 4.93. The van der Waals surface area contributed by atoms with Gasteiger partial charge in [0.15, 0.2) is 21.5 Å². The second-order valence-corrected chi connectivity index (χ2v) is 8.54. The molecular weight excluding hydrogens is 427 g/mol. The van der Waals surface area contributed by atoms with Crippen LogP contribution in [0.25, 0.3) is 0 Å². The summed E-state index contributed by atoms with van der Waals surface area (Å²) in [4.78, 5) is 3.73. The third-order valence-electron chi connectivity index (χ3n) is 4.28. The number of aromatic nitrogens is 1. The van der Waals surface area contributed by atoms with Gasteiger partial charge in [-0.15, -0.1) is 0 Å². The molecule has 0 radical (unpaired) electrons. The van der Waals surface area contributed by atoms with Gasteiger partial charge in [-0.1, -0.05) is 18.2 Å². The number of hydrogen-bond donors (Lipinski definition) is 1. The van der Waals surface area contributed by atoms with Gasteiger partial charge in [0.2, 0.25) is 0 Å². The van der Waals surface area contributed by atoms with E-state index in [4.69, 9.17) is 0 Å². The maximum atomic E-state index is 13.8. The van der Waals surface area contributed by atoms with Crippen molar-refractivity contribution in [1.82, 2.24) is 4.98 Å². The molecule has 0 bridgehead atoms. The minimum absolute atomic E-state index is 0.00485. The summed E-state index contributed by atoms with van der Waals surface area (Å²) >= 11 is 0. The zero-order valence-electron chi connectivity index (χ0n) is 15.4. The summed E-state index contributed by atoms with van der Waals surface area (Å²) in [6, 6.07) is 9.86. The highest BCUT2D eigenvalue weighted by atomic mass is 32.2. The van der Waals surface area contributed by atoms with Crippen LogP contribution in [0.2, 0.25) is 0 Å². The topological polar surface area (TPSA) is 59.1 Å². The number of rotatable bonds is 5. The first-order valence-electron chi connectivity index (χ1n) is 8.50. The Labute approximate surface area is 169 Å². The molecule has 2 aromatic carbocycles. The first-order valence-corrected chi connectivity index (χ1v) is 10.4. The van der Waals surface area contributed by atoms with Crippen molar-refractivity contribution >= 4 is 15.7 Å². The lowest BCUT2D eigenvalue weighted by atomic mass is 9.98. The number of nitrogens with zero attached hydrogens (tertiary/aromatic N) is 1. The number of hydrogen-bond acceptors (Lipinski definition) is 4. The van der Waals surface area contributed by atoms with Gasteiger partial charge in [0.25, 0.3) is 0 Å². The molecular formula is C20H15F5N2O2S. The van der Waals surface area contributed by atoms with E-state index in [0.717, 1.165) is 30.5 Å². The average molecular weight is 442 g/mol. The van der Waals surface area contributed by atoms with Crippen LogP contribution in [0.1, 0.15) is 22.7 Å². The summed E-state index contributed by atoms with van der Waals surface area (Å²) in [5, 5.41) is 2.85. The van der Waals surface area contributed by atoms with Crippen molar-refractivity contribution in [1.29, 1.82) is 0 Å². The predicted octanol–water partition coefficient (Wildman–Crippen LogP) is 4.98. The molecule has 4 nitrogen and oxygen atoms in total. The summed E-state index contributed by atoms with van der Waals surface area (Å²) in [5.41, 5.74) is -0.358. The first-order chi connectivity index (χ1) is 13.9. The molecule has 0 aliphatic carbocycles. The molecule has 10 heteroatoms. The van der Waals surface area contributed by atoms with E-state index in [1.165, 1.54) is 24.3 Å². The van der Waals surface area contributed by atoms with Crippen LogP contribution in [0.4, 0.5) is 27.8 Å². The number of nitrogens with one attached hydrogen (secondary N) is 1. The monoisotopic (exact) mass is 442 g/mol. The molecule has 158 valence electrons. The molecule has 0 saturated carbocycles. The van der Waals surface area contributed by atoms with Gasteiger partial charge in [-0.05, 0) is 47.5 Å². The van der Waals surface area contributed by atoms with Crippen LogP contribution in [0.15, 0.2) is 65.7 Å². The highest BCUT2D eigenvalue weighted by molar-refractivity contribution is 7.90. The molecule has 0 aliphatic rings. The van der Waals surface area contributed by atoms with E-state index < -0.39 is 39.3 Å². The second-order valence-electron chi connectivity index (χ2n) is 6.53. The first kappa shape index (κ1) is 21.7. The molecule has 1 unspecified atom stereocenters. The van der Waals surface area contributed by atoms with Gasteiger partial charge in [0.05, 0.1) is 16.5 Å². The molecule has 1 N–H and O–H groups in total. The van der Waals surface area contributed by atoms with Gasteiger partial charge in [-0.2, -0.15) is 13.2 Å². The molecule has 0 fully saturated rings. The number of sulfone groups is 1. The quantitative estimate of drug-likeness (QED) is 0.566. The summed E-state index contributed by atoms with van der Waals surface area (Å²) in [6.45, 7) is 0. The van der Waals surface area contributed by atoms with Gasteiger partial charge in [-0.3, -0.25) is 0 Å². The molecule has 0 saturated heterocycles. The van der Waals surface area contributed by atoms with Crippen LogP contribution >= 0.6 is 0 Å². The van der Waals surface area contributed by atoms with Crippen molar-refractivity contribution in [2.45, 2.75) is 17.1 Å². The fourth-order valence-corrected chi connectivity index (χ4v) is 3.45. The van der Waals surface area contributed by atoms with Gasteiger partial charge in [-0.25, -0.2) is 22.2 Å². The highest BCUT2D eigenvalue weighted by Crippen LogP contribution is 2.31. The van der Waals surface area contributed by atoms with Crippen molar-refractivity contribution in [3.63, 3.8) is 0 Å². The van der Waals surface area contributed by atoms with E-state index in [-0.39, 0.29) is 16.3 Å². The van der Waals surface area contributed by atoms with Gasteiger partial charge < -0.3 is 5.32 Å². The standard InChI is InChI=1S/C20H15F5N2O2S/c1-30(28,29)15-4-2-3-12(9-15)19(13-5-7-16(21)17(22)10-13)27-18-8-6-14(11-26-18)20(23,24)25/h2-11,19H,1H3,(H,26,27). The number of benzene rings is 2. The summed E-state index contributed by atoms with van der Waals surface area (Å²) < 4.78 is 89.2. The Morgan fingerprint density at radius 1 is 0.933 bits per heavy atom. The van der Waals surface area contributed by atoms with E-state index in [0.29, 0.717) is 11.8 Å². The molecule has 0 aliphatic heterocycles. The molecule has 1 atom stereocenters. The zero-order valence-corrected chi connectivity index (χ0v) is 16.2. The van der Waals surface area contributed by atoms with Crippen molar-refractivity contribution < 1.29 is 30.4 Å². The van der Waals surface area contributed by atoms with E-state index in [9.17, 15) is 30.4 Å². The molecule has 0 amide bonds. The van der Waals surface area contributed by atoms with E-state index >= 15 is 0 Å². The normalized spacial score (nSPS) is 13.1. The van der Waals surface area contributed by atoms with E-state index in [1.54, 1.807) is 6.07 Å². The average Bonchev–Trinajstić information content (AvgIpc) is 2.67. The number of alkyl halides is 3. The Morgan fingerprint density at radius 3 is 2.20 bits per heavy atom. The minimum Gasteiger partial charge on any atom is -0.359 e. The van der Waals surface area contributed by atoms with Crippen LogP contribution in [0, 0.1) is 11.6 Å². The number of anilines is 1. The van der Waals surface area contributed by atoms with Crippen LogP contribution in [0.3, 0.4) is 0 Å². The molecule has 1 aromatic heterocycles. The summed E-state index contributed by atoms with van der Waals surface area (Å²) in [5.74, 6) is -2.17. The second kappa shape index (κ2) is 8.02. The van der Waals surface area contributed by atoms with Crippen LogP contribution in [-0.2, 0) is 16.0 Å². The Bertz CT molecular complexity index is 1160. The number of pyridine rings is 1. The Morgan fingerprint density at radius 2 is 1.63 bits per heavy atom. The fourth-order valence-electron chi connectivity index (χ4n) is 2.77. The predicted molar refractivity (Wildman–Crippen MR) is 101 cm³/mol. The summed E-state index contributed by atoms with van der Waals surface area (Å²) in [6.07, 6.45) is -2.91. The Hall–Kier alpha value is -3.01. The smallest absolute Gasteiger partial charge is 0.359 e. The maximum Gasteiger partial charge on any atom is 0.417 e. The molecule has 1 heterocycles. The maximum absolute atomic E-state index is 13.8. The van der Waals surface area contributed by atoms with Crippen molar-refractivity contribution in [3.8, 4) is 0 Å². The van der Waals surface area contributed by atoms with E-state index in [1.807, 2.05) is 0 Å². The largest absolute Gasteiger partial charge is 0.417 e. The fraction of sp³-hybridized carbons (Fsp3) is 0.150. The zero-order chi connectivity index (χ0) is 22.1. The molecule has 0 spiro atoms. The number of halogens is 5. The van der Waals surface area contributed by atoms with Gasteiger partial charge >= 0.3 is 6.18 Å². The Kier molecular flexibility index (Phi) is 5.80. The van der Waals surface area contributed by atoms with Gasteiger partial charge in [0.1, 0.15) is 5.82 Å². The van der Waals surface area contributed by atoms with E-state index in [2.05, 4.69) is 10.3 Å². The van der Waals surface area contributed by atoms with Crippen molar-refractivity contribution in [3.05, 3.63) is 89.1 Å². The molecule has 3 aromatic rings. The van der Waals surface area contributed by atoms with Crippen molar-refractivity contribution in [2.75, 3.05) is 11.6 Å². The Balaban J connectivity index is 2.05. The lowest BCUT2D eigenvalue weighted by Gasteiger charge is -2.21. The van der Waals surface area contributed by atoms with Crippen LogP contribution < -0.4 is 5.32 Å². The van der Waals surface area contributed by atoms with Crippen LogP contribution in [0.5, 0.6) is 0 Å². The van der Waals surface area contributed by atoms with Gasteiger partial charge in [0, 0.05) is 12.5 Å². The van der Waals surface area contributed by atoms with Crippen molar-refractivity contribution in [2.24, 2.45) is 0 Å².